The Kier molecular flexibility index (Phi) is 10.1. The van der Waals surface area contributed by atoms with Gasteiger partial charge in [0, 0.05) is 36.5 Å². The summed E-state index contributed by atoms with van der Waals surface area (Å²) in [5.41, 5.74) is 1.58. The number of aromatic hydroxyl groups is 1. The Bertz CT molecular complexity index is 527. The monoisotopic (exact) mass is 351 g/mol. The second kappa shape index (κ2) is 11.8. The number of anilines is 1. The van der Waals surface area contributed by atoms with E-state index >= 15 is 0 Å². The zero-order valence-electron chi connectivity index (χ0n) is 14.7. The van der Waals surface area contributed by atoms with E-state index in [2.05, 4.69) is 31.4 Å². The molecule has 0 aliphatic carbocycles. The van der Waals surface area contributed by atoms with Gasteiger partial charge in [-0.3, -0.25) is 0 Å². The molecule has 1 aromatic carbocycles. The van der Waals surface area contributed by atoms with Crippen LogP contribution in [0.1, 0.15) is 45.1 Å². The first-order valence-corrected chi connectivity index (χ1v) is 9.29. The van der Waals surface area contributed by atoms with Gasteiger partial charge in [0.25, 0.3) is 0 Å². The molecule has 134 valence electrons. The number of thiol groups is 1. The fraction of sp³-hybridized carbons (Fsp3) is 0.526. The molecule has 1 N–H and O–H groups in total. The molecule has 0 aliphatic rings. The normalized spacial score (nSPS) is 11.0. The molecule has 1 aromatic rings. The number of rotatable bonds is 11. The summed E-state index contributed by atoms with van der Waals surface area (Å²) < 4.78 is 5.15. The highest BCUT2D eigenvalue weighted by molar-refractivity contribution is 7.80. The first kappa shape index (κ1) is 20.4. The lowest BCUT2D eigenvalue weighted by molar-refractivity contribution is -0.137. The summed E-state index contributed by atoms with van der Waals surface area (Å²) in [6.07, 6.45) is 7.08. The number of phenolic OH excluding ortho intramolecular Hbond substituents is 1. The highest BCUT2D eigenvalue weighted by atomic mass is 32.1. The van der Waals surface area contributed by atoms with Crippen LogP contribution in [-0.4, -0.2) is 36.5 Å². The van der Waals surface area contributed by atoms with Crippen molar-refractivity contribution in [1.82, 2.24) is 0 Å². The molecule has 0 fully saturated rings. The van der Waals surface area contributed by atoms with E-state index in [4.69, 9.17) is 4.74 Å². The smallest absolute Gasteiger partial charge is 0.330 e. The minimum atomic E-state index is -0.378. The molecule has 0 radical (unpaired) electrons. The number of phenols is 1. The Morgan fingerprint density at radius 1 is 1.21 bits per heavy atom. The summed E-state index contributed by atoms with van der Waals surface area (Å²) >= 11 is 4.16. The summed E-state index contributed by atoms with van der Waals surface area (Å²) in [5, 5.41) is 10.1. The molecule has 0 unspecified atom stereocenters. The molecular weight excluding hydrogens is 322 g/mol. The largest absolute Gasteiger partial charge is 0.507 e. The van der Waals surface area contributed by atoms with Gasteiger partial charge < -0.3 is 14.7 Å². The van der Waals surface area contributed by atoms with E-state index in [-0.39, 0.29) is 11.7 Å². The number of hydrogen-bond donors (Lipinski definition) is 2. The van der Waals surface area contributed by atoms with Crippen molar-refractivity contribution in [2.75, 3.05) is 30.3 Å². The molecule has 0 saturated carbocycles. The number of ether oxygens (including phenoxy) is 1. The van der Waals surface area contributed by atoms with Crippen LogP contribution in [-0.2, 0) is 9.53 Å². The fourth-order valence-corrected chi connectivity index (χ4v) is 2.63. The average Bonchev–Trinajstić information content (AvgIpc) is 2.58. The van der Waals surface area contributed by atoms with Gasteiger partial charge in [0.2, 0.25) is 0 Å². The van der Waals surface area contributed by atoms with Crippen molar-refractivity contribution in [3.05, 3.63) is 29.8 Å². The molecule has 5 heteroatoms. The highest BCUT2D eigenvalue weighted by Gasteiger charge is 2.06. The summed E-state index contributed by atoms with van der Waals surface area (Å²) in [4.78, 5) is 13.8. The van der Waals surface area contributed by atoms with Crippen LogP contribution in [0.4, 0.5) is 5.69 Å². The third-order valence-electron chi connectivity index (χ3n) is 3.84. The quantitative estimate of drug-likeness (QED) is 0.270. The van der Waals surface area contributed by atoms with E-state index < -0.39 is 0 Å². The lowest BCUT2D eigenvalue weighted by Gasteiger charge is -2.21. The number of hydrogen-bond acceptors (Lipinski definition) is 5. The zero-order valence-corrected chi connectivity index (χ0v) is 15.6. The maximum atomic E-state index is 11.7. The van der Waals surface area contributed by atoms with E-state index in [1.807, 2.05) is 12.1 Å². The number of benzene rings is 1. The van der Waals surface area contributed by atoms with Gasteiger partial charge >= 0.3 is 5.97 Å². The molecule has 0 atom stereocenters. The van der Waals surface area contributed by atoms with Crippen molar-refractivity contribution in [1.29, 1.82) is 0 Å². The number of carbonyl (C=O) groups excluding carboxylic acids is 1. The molecule has 4 nitrogen and oxygen atoms in total. The summed E-state index contributed by atoms with van der Waals surface area (Å²) in [5.74, 6) is 0.686. The van der Waals surface area contributed by atoms with E-state index in [9.17, 15) is 9.90 Å². The first-order chi connectivity index (χ1) is 11.6. The van der Waals surface area contributed by atoms with Crippen LogP contribution in [0.25, 0.3) is 6.08 Å². The molecule has 1 rings (SSSR count). The zero-order chi connectivity index (χ0) is 17.8. The molecular formula is C19H29NO3S. The Hall–Kier alpha value is -1.62. The van der Waals surface area contributed by atoms with Crippen molar-refractivity contribution >= 4 is 30.4 Å². The molecule has 24 heavy (non-hydrogen) atoms. The average molecular weight is 352 g/mol. The van der Waals surface area contributed by atoms with Crippen LogP contribution in [0.3, 0.4) is 0 Å². The summed E-state index contributed by atoms with van der Waals surface area (Å²) in [7, 11) is 0. The van der Waals surface area contributed by atoms with E-state index in [1.165, 1.54) is 6.08 Å². The van der Waals surface area contributed by atoms with Crippen LogP contribution >= 0.6 is 12.6 Å². The maximum absolute atomic E-state index is 11.7. The van der Waals surface area contributed by atoms with Gasteiger partial charge in [-0.15, -0.1) is 0 Å². The van der Waals surface area contributed by atoms with E-state index in [0.717, 1.165) is 50.2 Å². The Balaban J connectivity index is 2.47. The van der Waals surface area contributed by atoms with Gasteiger partial charge in [0.15, 0.2) is 0 Å². The van der Waals surface area contributed by atoms with E-state index in [0.29, 0.717) is 12.2 Å². The molecule has 0 spiro atoms. The van der Waals surface area contributed by atoms with Crippen molar-refractivity contribution in [3.8, 4) is 5.75 Å². The lowest BCUT2D eigenvalue weighted by atomic mass is 10.1. The van der Waals surface area contributed by atoms with Crippen molar-refractivity contribution in [3.63, 3.8) is 0 Å². The summed E-state index contributed by atoms with van der Waals surface area (Å²) in [6, 6.07) is 5.48. The maximum Gasteiger partial charge on any atom is 0.330 e. The molecule has 0 amide bonds. The van der Waals surface area contributed by atoms with E-state index in [1.54, 1.807) is 12.1 Å². The van der Waals surface area contributed by atoms with Gasteiger partial charge in [-0.2, -0.15) is 12.6 Å². The second-order valence-electron chi connectivity index (χ2n) is 5.55. The minimum Gasteiger partial charge on any atom is -0.507 e. The number of esters is 1. The van der Waals surface area contributed by atoms with Crippen LogP contribution in [0.2, 0.25) is 0 Å². The van der Waals surface area contributed by atoms with Crippen molar-refractivity contribution < 1.29 is 14.6 Å². The Morgan fingerprint density at radius 3 is 2.54 bits per heavy atom. The predicted octanol–water partition coefficient (Wildman–Crippen LogP) is 4.29. The van der Waals surface area contributed by atoms with Crippen molar-refractivity contribution in [2.24, 2.45) is 0 Å². The standard InChI is InChI=1S/C19H29NO3S/c1-3-20(4-2)17-11-9-16(18(21)15-17)10-12-19(22)23-13-7-5-6-8-14-24/h9-12,15,21,24H,3-8,13-14H2,1-2H3/b12-10+. The third-order valence-corrected chi connectivity index (χ3v) is 4.15. The topological polar surface area (TPSA) is 49.8 Å². The van der Waals surface area contributed by atoms with Crippen LogP contribution in [0, 0.1) is 0 Å². The second-order valence-corrected chi connectivity index (χ2v) is 6.00. The van der Waals surface area contributed by atoms with Crippen molar-refractivity contribution in [2.45, 2.75) is 39.5 Å². The fourth-order valence-electron chi connectivity index (χ4n) is 2.40. The first-order valence-electron chi connectivity index (χ1n) is 8.66. The van der Waals surface area contributed by atoms with Crippen LogP contribution < -0.4 is 4.90 Å². The molecule has 0 heterocycles. The highest BCUT2D eigenvalue weighted by Crippen LogP contribution is 2.25. The SMILES string of the molecule is CCN(CC)c1ccc(/C=C/C(=O)OCCCCCCS)c(O)c1. The van der Waals surface area contributed by atoms with Crippen LogP contribution in [0.15, 0.2) is 24.3 Å². The Morgan fingerprint density at radius 2 is 1.92 bits per heavy atom. The molecule has 0 aromatic heterocycles. The lowest BCUT2D eigenvalue weighted by Crippen LogP contribution is -2.21. The van der Waals surface area contributed by atoms with Gasteiger partial charge in [0.1, 0.15) is 5.75 Å². The van der Waals surface area contributed by atoms with Gasteiger partial charge in [-0.05, 0) is 50.7 Å². The van der Waals surface area contributed by atoms with Crippen LogP contribution in [0.5, 0.6) is 5.75 Å². The predicted molar refractivity (Wildman–Crippen MR) is 104 cm³/mol. The Labute approximate surface area is 150 Å². The van der Waals surface area contributed by atoms with Gasteiger partial charge in [-0.25, -0.2) is 4.79 Å². The summed E-state index contributed by atoms with van der Waals surface area (Å²) in [6.45, 7) is 6.34. The van der Waals surface area contributed by atoms with Gasteiger partial charge in [0.05, 0.1) is 6.61 Å². The van der Waals surface area contributed by atoms with Gasteiger partial charge in [-0.1, -0.05) is 12.8 Å². The molecule has 0 aliphatic heterocycles. The molecule has 0 bridgehead atoms. The minimum absolute atomic E-state index is 0.162. The number of unbranched alkanes of at least 4 members (excludes halogenated alkanes) is 3. The number of carbonyl (C=O) groups is 1. The molecule has 0 saturated heterocycles. The number of nitrogens with zero attached hydrogens (tertiary/aromatic N) is 1. The third kappa shape index (κ3) is 7.30.